The Labute approximate surface area is 216 Å². The van der Waals surface area contributed by atoms with Gasteiger partial charge in [-0.05, 0) is 102 Å². The molecule has 1 amide bonds. The zero-order valence-corrected chi connectivity index (χ0v) is 21.1. The zero-order chi connectivity index (χ0) is 26.4. The van der Waals surface area contributed by atoms with Gasteiger partial charge >= 0.3 is 5.97 Å². The van der Waals surface area contributed by atoms with Crippen LogP contribution in [0.2, 0.25) is 0 Å². The predicted molar refractivity (Wildman–Crippen MR) is 142 cm³/mol. The number of carboxylic acids is 1. The number of hydrogen-bond donors (Lipinski definition) is 3. The molecule has 3 aromatic rings. The van der Waals surface area contributed by atoms with Crippen LogP contribution in [0.25, 0.3) is 11.1 Å². The number of anilines is 1. The number of halogens is 1. The molecule has 0 saturated carbocycles. The molecule has 6 nitrogen and oxygen atoms in total. The van der Waals surface area contributed by atoms with E-state index in [1.165, 1.54) is 12.1 Å². The second kappa shape index (κ2) is 12.1. The van der Waals surface area contributed by atoms with Crippen LogP contribution in [0, 0.1) is 5.82 Å². The lowest BCUT2D eigenvalue weighted by atomic mass is 9.95. The van der Waals surface area contributed by atoms with Gasteiger partial charge in [0.15, 0.2) is 0 Å². The van der Waals surface area contributed by atoms with Gasteiger partial charge < -0.3 is 20.9 Å². The van der Waals surface area contributed by atoms with Crippen LogP contribution in [0.4, 0.5) is 10.1 Å². The number of hydrogen-bond acceptors (Lipinski definition) is 4. The molecule has 0 spiro atoms. The number of nitrogens with two attached hydrogens (primary N) is 1. The monoisotopic (exact) mass is 504 g/mol. The van der Waals surface area contributed by atoms with Crippen LogP contribution in [0.15, 0.2) is 54.6 Å². The lowest BCUT2D eigenvalue weighted by Crippen LogP contribution is -2.15. The molecule has 4 N–H and O–H groups in total. The SMILES string of the molecule is CCc1ccc(NC(=O)c2cc(CC[C@@H]3CCCO3)cc(-c3cc(F)cc(CN)c3)c2)c(CC(=O)O)c1. The predicted octanol–water partition coefficient (Wildman–Crippen LogP) is 5.50. The summed E-state index contributed by atoms with van der Waals surface area (Å²) in [4.78, 5) is 24.8. The highest BCUT2D eigenvalue weighted by Crippen LogP contribution is 2.28. The number of carbonyl (C=O) groups excluding carboxylic acids is 1. The van der Waals surface area contributed by atoms with Crippen molar-refractivity contribution in [2.24, 2.45) is 5.73 Å². The lowest BCUT2D eigenvalue weighted by Gasteiger charge is -2.15. The number of amides is 1. The third-order valence-electron chi connectivity index (χ3n) is 6.73. The van der Waals surface area contributed by atoms with Crippen LogP contribution >= 0.6 is 0 Å². The molecule has 1 heterocycles. The summed E-state index contributed by atoms with van der Waals surface area (Å²) in [5, 5.41) is 12.3. The van der Waals surface area contributed by atoms with Gasteiger partial charge in [0.2, 0.25) is 0 Å². The van der Waals surface area contributed by atoms with Gasteiger partial charge in [-0.2, -0.15) is 0 Å². The van der Waals surface area contributed by atoms with Gasteiger partial charge in [-0.1, -0.05) is 25.1 Å². The van der Waals surface area contributed by atoms with Crippen molar-refractivity contribution < 1.29 is 23.8 Å². The molecule has 37 heavy (non-hydrogen) atoms. The third kappa shape index (κ3) is 7.02. The maximum Gasteiger partial charge on any atom is 0.307 e. The molecule has 0 bridgehead atoms. The molecule has 1 aliphatic rings. The summed E-state index contributed by atoms with van der Waals surface area (Å²) >= 11 is 0. The fraction of sp³-hybridized carbons (Fsp3) is 0.333. The molecule has 1 saturated heterocycles. The zero-order valence-electron chi connectivity index (χ0n) is 21.1. The van der Waals surface area contributed by atoms with E-state index in [0.717, 1.165) is 49.0 Å². The number of aliphatic carboxylic acids is 1. The molecule has 0 unspecified atom stereocenters. The quantitative estimate of drug-likeness (QED) is 0.338. The molecule has 1 atom stereocenters. The Morgan fingerprint density at radius 1 is 1.05 bits per heavy atom. The largest absolute Gasteiger partial charge is 0.481 e. The highest BCUT2D eigenvalue weighted by Gasteiger charge is 2.18. The van der Waals surface area contributed by atoms with E-state index in [0.29, 0.717) is 34.4 Å². The first-order valence-electron chi connectivity index (χ1n) is 12.7. The third-order valence-corrected chi connectivity index (χ3v) is 6.73. The minimum Gasteiger partial charge on any atom is -0.481 e. The molecule has 0 aromatic heterocycles. The van der Waals surface area contributed by atoms with Crippen molar-refractivity contribution in [3.05, 3.63) is 88.2 Å². The fourth-order valence-electron chi connectivity index (χ4n) is 4.76. The molecule has 7 heteroatoms. The highest BCUT2D eigenvalue weighted by atomic mass is 19.1. The number of nitrogens with one attached hydrogen (secondary N) is 1. The molecule has 0 aliphatic carbocycles. The molecule has 1 aliphatic heterocycles. The van der Waals surface area contributed by atoms with Crippen molar-refractivity contribution in [1.29, 1.82) is 0 Å². The van der Waals surface area contributed by atoms with E-state index < -0.39 is 5.97 Å². The number of rotatable bonds is 10. The Hall–Kier alpha value is -3.55. The van der Waals surface area contributed by atoms with E-state index >= 15 is 0 Å². The van der Waals surface area contributed by atoms with E-state index in [-0.39, 0.29) is 30.8 Å². The first kappa shape index (κ1) is 26.5. The van der Waals surface area contributed by atoms with E-state index in [4.69, 9.17) is 10.5 Å². The van der Waals surface area contributed by atoms with Gasteiger partial charge in [-0.3, -0.25) is 9.59 Å². The summed E-state index contributed by atoms with van der Waals surface area (Å²) in [6.45, 7) is 2.97. The van der Waals surface area contributed by atoms with Gasteiger partial charge in [-0.15, -0.1) is 0 Å². The lowest BCUT2D eigenvalue weighted by molar-refractivity contribution is -0.136. The van der Waals surface area contributed by atoms with Gasteiger partial charge in [0.05, 0.1) is 12.5 Å². The van der Waals surface area contributed by atoms with Crippen molar-refractivity contribution in [2.45, 2.75) is 58.1 Å². The van der Waals surface area contributed by atoms with Crippen molar-refractivity contribution >= 4 is 17.6 Å². The molecule has 1 fully saturated rings. The van der Waals surface area contributed by atoms with Crippen molar-refractivity contribution in [3.63, 3.8) is 0 Å². The summed E-state index contributed by atoms with van der Waals surface area (Å²) in [7, 11) is 0. The average Bonchev–Trinajstić information content (AvgIpc) is 3.41. The number of benzene rings is 3. The van der Waals surface area contributed by atoms with E-state index in [1.54, 1.807) is 12.1 Å². The van der Waals surface area contributed by atoms with E-state index in [1.807, 2.05) is 37.3 Å². The van der Waals surface area contributed by atoms with Crippen LogP contribution in [0.5, 0.6) is 0 Å². The van der Waals surface area contributed by atoms with E-state index in [2.05, 4.69) is 5.32 Å². The van der Waals surface area contributed by atoms with Crippen LogP contribution in [0.1, 0.15) is 58.8 Å². The number of aryl methyl sites for hydroxylation is 2. The Bertz CT molecular complexity index is 1280. The van der Waals surface area contributed by atoms with Crippen molar-refractivity contribution in [3.8, 4) is 11.1 Å². The molecule has 0 radical (unpaired) electrons. The topological polar surface area (TPSA) is 102 Å². The Morgan fingerprint density at radius 3 is 2.54 bits per heavy atom. The second-order valence-electron chi connectivity index (χ2n) is 9.51. The maximum absolute atomic E-state index is 14.3. The van der Waals surface area contributed by atoms with Crippen LogP contribution in [0.3, 0.4) is 0 Å². The number of carboxylic acid groups (broad SMARTS) is 1. The summed E-state index contributed by atoms with van der Waals surface area (Å²) < 4.78 is 20.1. The molecule has 194 valence electrons. The number of carbonyl (C=O) groups is 2. The van der Waals surface area contributed by atoms with Crippen molar-refractivity contribution in [2.75, 3.05) is 11.9 Å². The summed E-state index contributed by atoms with van der Waals surface area (Å²) in [6.07, 6.45) is 4.40. The fourth-order valence-corrected chi connectivity index (χ4v) is 4.76. The first-order valence-corrected chi connectivity index (χ1v) is 12.7. The Balaban J connectivity index is 1.68. The minimum absolute atomic E-state index is 0.193. The molecular weight excluding hydrogens is 471 g/mol. The normalized spacial score (nSPS) is 15.1. The summed E-state index contributed by atoms with van der Waals surface area (Å²) in [6, 6.07) is 15.7. The van der Waals surface area contributed by atoms with E-state index in [9.17, 15) is 19.1 Å². The van der Waals surface area contributed by atoms with Crippen molar-refractivity contribution in [1.82, 2.24) is 0 Å². The Kier molecular flexibility index (Phi) is 8.69. The van der Waals surface area contributed by atoms with Gasteiger partial charge in [-0.25, -0.2) is 4.39 Å². The Morgan fingerprint density at radius 2 is 1.84 bits per heavy atom. The first-order chi connectivity index (χ1) is 17.8. The maximum atomic E-state index is 14.3. The molecular formula is C30H33FN2O4. The second-order valence-corrected chi connectivity index (χ2v) is 9.51. The summed E-state index contributed by atoms with van der Waals surface area (Å²) in [5.74, 6) is -1.71. The summed E-state index contributed by atoms with van der Waals surface area (Å²) in [5.41, 5.74) is 11.2. The molecule has 4 rings (SSSR count). The molecule has 3 aromatic carbocycles. The van der Waals surface area contributed by atoms with Crippen LogP contribution in [-0.4, -0.2) is 29.7 Å². The van der Waals surface area contributed by atoms with Crippen LogP contribution < -0.4 is 11.1 Å². The number of ether oxygens (including phenoxy) is 1. The smallest absolute Gasteiger partial charge is 0.307 e. The average molecular weight is 505 g/mol. The highest BCUT2D eigenvalue weighted by molar-refractivity contribution is 6.05. The minimum atomic E-state index is -0.969. The van der Waals surface area contributed by atoms with Crippen LogP contribution in [-0.2, 0) is 35.3 Å². The van der Waals surface area contributed by atoms with Gasteiger partial charge in [0.25, 0.3) is 5.91 Å². The standard InChI is InChI=1S/C30H33FN2O4/c1-2-19-6-8-28(24(10-19)17-29(34)35)33-30(36)25-12-20(5-7-27-4-3-9-37-27)11-22(15-25)23-13-21(18-32)14-26(31)16-23/h6,8,10-16,27H,2-5,7,9,17-18,32H2,1H3,(H,33,36)(H,34,35)/t27-/m0/s1. The van der Waals surface area contributed by atoms with Gasteiger partial charge in [0.1, 0.15) is 5.82 Å². The van der Waals surface area contributed by atoms with Gasteiger partial charge in [0, 0.05) is 24.4 Å².